The minimum atomic E-state index is -3.90. The number of nitriles is 1. The topological polar surface area (TPSA) is 70.0 Å². The van der Waals surface area contributed by atoms with Crippen LogP contribution in [0.1, 0.15) is 11.1 Å². The Morgan fingerprint density at radius 1 is 1.10 bits per heavy atom. The van der Waals surface area contributed by atoms with Gasteiger partial charge in [-0.25, -0.2) is 8.42 Å². The summed E-state index contributed by atoms with van der Waals surface area (Å²) in [4.78, 5) is -0.153. The summed E-state index contributed by atoms with van der Waals surface area (Å²) in [6.45, 7) is 1.81. The summed E-state index contributed by atoms with van der Waals surface area (Å²) in [5, 5.41) is 9.34. The van der Waals surface area contributed by atoms with Crippen LogP contribution in [0.25, 0.3) is 0 Å². The van der Waals surface area contributed by atoms with Gasteiger partial charge in [0.25, 0.3) is 10.0 Å². The Balaban J connectivity index is 2.43. The van der Waals surface area contributed by atoms with Gasteiger partial charge in [0.1, 0.15) is 4.90 Å². The van der Waals surface area contributed by atoms with Gasteiger partial charge in [-0.2, -0.15) is 5.26 Å². The van der Waals surface area contributed by atoms with Crippen LogP contribution in [0.2, 0.25) is 10.0 Å². The highest BCUT2D eigenvalue weighted by molar-refractivity contribution is 7.92. The van der Waals surface area contributed by atoms with Crippen LogP contribution in [0, 0.1) is 18.3 Å². The maximum absolute atomic E-state index is 12.3. The van der Waals surface area contributed by atoms with Gasteiger partial charge in [0.2, 0.25) is 0 Å². The molecule has 0 saturated heterocycles. The van der Waals surface area contributed by atoms with Gasteiger partial charge in [0.05, 0.1) is 22.3 Å². The lowest BCUT2D eigenvalue weighted by Crippen LogP contribution is -2.13. The lowest BCUT2D eigenvalue weighted by molar-refractivity contribution is 0.601. The summed E-state index contributed by atoms with van der Waals surface area (Å²) in [7, 11) is -3.90. The molecule has 0 amide bonds. The van der Waals surface area contributed by atoms with Gasteiger partial charge in [-0.3, -0.25) is 4.72 Å². The van der Waals surface area contributed by atoms with E-state index >= 15 is 0 Å². The van der Waals surface area contributed by atoms with E-state index in [1.165, 1.54) is 24.3 Å². The van der Waals surface area contributed by atoms with Crippen molar-refractivity contribution in [3.63, 3.8) is 0 Å². The number of rotatable bonds is 3. The molecule has 0 aliphatic rings. The molecule has 0 aliphatic carbocycles. The molecule has 7 heteroatoms. The molecule has 0 saturated carbocycles. The van der Waals surface area contributed by atoms with Crippen molar-refractivity contribution in [3.8, 4) is 6.07 Å². The molecule has 0 aliphatic heterocycles. The third-order valence-electron chi connectivity index (χ3n) is 2.77. The predicted octanol–water partition coefficient (Wildman–Crippen LogP) is 3.97. The molecule has 2 aromatic rings. The summed E-state index contributed by atoms with van der Waals surface area (Å²) in [5.74, 6) is 0. The van der Waals surface area contributed by atoms with E-state index in [2.05, 4.69) is 4.72 Å². The first-order valence-corrected chi connectivity index (χ1v) is 8.06. The normalized spacial score (nSPS) is 11.0. The van der Waals surface area contributed by atoms with E-state index in [1.54, 1.807) is 12.1 Å². The van der Waals surface area contributed by atoms with Crippen LogP contribution in [-0.2, 0) is 10.0 Å². The largest absolute Gasteiger partial charge is 0.280 e. The fourth-order valence-corrected chi connectivity index (χ4v) is 3.40. The number of anilines is 1. The average Bonchev–Trinajstić information content (AvgIpc) is 2.43. The molecule has 0 aromatic heterocycles. The average molecular weight is 341 g/mol. The molecule has 0 spiro atoms. The van der Waals surface area contributed by atoms with Gasteiger partial charge in [0, 0.05) is 5.02 Å². The molecule has 0 fully saturated rings. The van der Waals surface area contributed by atoms with Crippen molar-refractivity contribution in [2.75, 3.05) is 4.72 Å². The molecular formula is C14H10Cl2N2O2S. The Kier molecular flexibility index (Phi) is 4.43. The molecule has 1 N–H and O–H groups in total. The van der Waals surface area contributed by atoms with Gasteiger partial charge in [-0.05, 0) is 42.8 Å². The van der Waals surface area contributed by atoms with E-state index in [4.69, 9.17) is 28.5 Å². The zero-order valence-electron chi connectivity index (χ0n) is 10.9. The van der Waals surface area contributed by atoms with Crippen LogP contribution < -0.4 is 4.72 Å². The van der Waals surface area contributed by atoms with E-state index in [1.807, 2.05) is 13.0 Å². The highest BCUT2D eigenvalue weighted by Gasteiger charge is 2.19. The fraction of sp³-hybridized carbons (Fsp3) is 0.0714. The van der Waals surface area contributed by atoms with Crippen LogP contribution in [0.4, 0.5) is 5.69 Å². The first-order chi connectivity index (χ1) is 9.83. The number of sulfonamides is 1. The van der Waals surface area contributed by atoms with Crippen LogP contribution in [0.5, 0.6) is 0 Å². The van der Waals surface area contributed by atoms with Gasteiger partial charge >= 0.3 is 0 Å². The van der Waals surface area contributed by atoms with Gasteiger partial charge in [-0.1, -0.05) is 29.3 Å². The SMILES string of the molecule is Cc1ccc(NS(=O)(=O)c2cc(C#N)ccc2Cl)cc1Cl. The third-order valence-corrected chi connectivity index (χ3v) is 5.04. The fourth-order valence-electron chi connectivity index (χ4n) is 1.65. The predicted molar refractivity (Wildman–Crippen MR) is 83.2 cm³/mol. The number of benzene rings is 2. The number of hydrogen-bond donors (Lipinski definition) is 1. The van der Waals surface area contributed by atoms with Gasteiger partial charge in [-0.15, -0.1) is 0 Å². The summed E-state index contributed by atoms with van der Waals surface area (Å²) in [5.41, 5.74) is 1.37. The van der Waals surface area contributed by atoms with Crippen molar-refractivity contribution in [2.45, 2.75) is 11.8 Å². The van der Waals surface area contributed by atoms with Crippen molar-refractivity contribution in [1.29, 1.82) is 5.26 Å². The molecule has 0 atom stereocenters. The number of hydrogen-bond acceptors (Lipinski definition) is 3. The van der Waals surface area contributed by atoms with Crippen LogP contribution >= 0.6 is 23.2 Å². The quantitative estimate of drug-likeness (QED) is 0.918. The smallest absolute Gasteiger partial charge is 0.263 e. The second-order valence-electron chi connectivity index (χ2n) is 4.33. The summed E-state index contributed by atoms with van der Waals surface area (Å²) in [6.07, 6.45) is 0. The van der Waals surface area contributed by atoms with E-state index < -0.39 is 10.0 Å². The van der Waals surface area contributed by atoms with Crippen molar-refractivity contribution in [2.24, 2.45) is 0 Å². The molecule has 0 bridgehead atoms. The lowest BCUT2D eigenvalue weighted by Gasteiger charge is -2.10. The van der Waals surface area contributed by atoms with Gasteiger partial charge in [0.15, 0.2) is 0 Å². The zero-order chi connectivity index (χ0) is 15.6. The molecular weight excluding hydrogens is 331 g/mol. The Morgan fingerprint density at radius 2 is 1.81 bits per heavy atom. The Bertz CT molecular complexity index is 843. The number of aryl methyl sites for hydroxylation is 1. The highest BCUT2D eigenvalue weighted by Crippen LogP contribution is 2.26. The highest BCUT2D eigenvalue weighted by atomic mass is 35.5. The van der Waals surface area contributed by atoms with Crippen LogP contribution in [0.15, 0.2) is 41.3 Å². The third kappa shape index (κ3) is 3.48. The van der Waals surface area contributed by atoms with Crippen molar-refractivity contribution in [3.05, 3.63) is 57.6 Å². The summed E-state index contributed by atoms with van der Waals surface area (Å²) < 4.78 is 27.1. The monoisotopic (exact) mass is 340 g/mol. The molecule has 2 rings (SSSR count). The second-order valence-corrected chi connectivity index (χ2v) is 6.79. The molecule has 0 radical (unpaired) electrons. The summed E-state index contributed by atoms with van der Waals surface area (Å²) in [6, 6.07) is 10.7. The standard InChI is InChI=1S/C14H10Cl2N2O2S/c1-9-2-4-11(7-13(9)16)18-21(19,20)14-6-10(8-17)3-5-12(14)15/h2-7,18H,1H3. The van der Waals surface area contributed by atoms with Crippen molar-refractivity contribution < 1.29 is 8.42 Å². The zero-order valence-corrected chi connectivity index (χ0v) is 13.2. The van der Waals surface area contributed by atoms with Crippen LogP contribution in [-0.4, -0.2) is 8.42 Å². The maximum atomic E-state index is 12.3. The number of nitrogens with zero attached hydrogens (tertiary/aromatic N) is 1. The number of halogens is 2. The minimum absolute atomic E-state index is 0.0414. The first kappa shape index (κ1) is 15.6. The molecule has 21 heavy (non-hydrogen) atoms. The van der Waals surface area contributed by atoms with Crippen LogP contribution in [0.3, 0.4) is 0 Å². The summed E-state index contributed by atoms with van der Waals surface area (Å²) >= 11 is 11.9. The molecule has 108 valence electrons. The van der Waals surface area contributed by atoms with Crippen molar-refractivity contribution in [1.82, 2.24) is 0 Å². The minimum Gasteiger partial charge on any atom is -0.280 e. The van der Waals surface area contributed by atoms with E-state index in [0.29, 0.717) is 10.7 Å². The second kappa shape index (κ2) is 5.94. The Hall–Kier alpha value is -1.74. The Labute approximate surface area is 133 Å². The van der Waals surface area contributed by atoms with E-state index in [9.17, 15) is 8.42 Å². The molecule has 2 aromatic carbocycles. The Morgan fingerprint density at radius 3 is 2.43 bits per heavy atom. The maximum Gasteiger partial charge on any atom is 0.263 e. The van der Waals surface area contributed by atoms with E-state index in [-0.39, 0.29) is 15.5 Å². The molecule has 0 heterocycles. The molecule has 4 nitrogen and oxygen atoms in total. The first-order valence-electron chi connectivity index (χ1n) is 5.82. The van der Waals surface area contributed by atoms with E-state index in [0.717, 1.165) is 5.56 Å². The number of nitrogens with one attached hydrogen (secondary N) is 1. The lowest BCUT2D eigenvalue weighted by atomic mass is 10.2. The molecule has 0 unspecified atom stereocenters. The van der Waals surface area contributed by atoms with Crippen molar-refractivity contribution >= 4 is 38.9 Å². The van der Waals surface area contributed by atoms with Gasteiger partial charge < -0.3 is 0 Å².